The number of carbonyl (C=O) groups excluding carboxylic acids is 1. The van der Waals surface area contributed by atoms with Crippen molar-refractivity contribution in [1.29, 1.82) is 0 Å². The molecule has 2 aromatic rings. The molecule has 192 valence electrons. The second-order valence-corrected chi connectivity index (χ2v) is 8.22. The van der Waals surface area contributed by atoms with Gasteiger partial charge in [-0.2, -0.15) is 22.0 Å². The molecule has 0 spiro atoms. The molecule has 1 aromatic heterocycles. The molecule has 3 rings (SSSR count). The number of ketones is 1. The highest BCUT2D eigenvalue weighted by molar-refractivity contribution is 5.97. The first-order chi connectivity index (χ1) is 15.7. The number of nitrogens with two attached hydrogens (primary N) is 1. The number of hydrogen-bond donors (Lipinski definition) is 1. The van der Waals surface area contributed by atoms with E-state index in [4.69, 9.17) is 10.5 Å². The molecule has 35 heavy (non-hydrogen) atoms. The lowest BCUT2D eigenvalue weighted by atomic mass is 9.88. The fourth-order valence-electron chi connectivity index (χ4n) is 3.50. The van der Waals surface area contributed by atoms with Crippen molar-refractivity contribution in [2.24, 2.45) is 10.7 Å². The molecule has 2 heterocycles. The first-order valence-electron chi connectivity index (χ1n) is 9.96. The van der Waals surface area contributed by atoms with Crippen molar-refractivity contribution in [3.8, 4) is 5.75 Å². The van der Waals surface area contributed by atoms with Gasteiger partial charge in [-0.15, -0.1) is 12.4 Å². The predicted octanol–water partition coefficient (Wildman–Crippen LogP) is 4.90. The van der Waals surface area contributed by atoms with Crippen LogP contribution in [0.4, 0.5) is 26.3 Å². The molecule has 0 bridgehead atoms. The van der Waals surface area contributed by atoms with Crippen molar-refractivity contribution in [3.63, 3.8) is 0 Å². The normalized spacial score (nSPS) is 22.4. The Hall–Kier alpha value is -2.86. The Morgan fingerprint density at radius 3 is 2.46 bits per heavy atom. The van der Waals surface area contributed by atoms with Crippen molar-refractivity contribution < 1.29 is 40.6 Å². The van der Waals surface area contributed by atoms with Gasteiger partial charge in [-0.1, -0.05) is 6.07 Å². The first-order valence-corrected chi connectivity index (χ1v) is 9.96. The number of amidine groups is 1. The Morgan fingerprint density at radius 1 is 1.26 bits per heavy atom. The predicted molar refractivity (Wildman–Crippen MR) is 117 cm³/mol. The van der Waals surface area contributed by atoms with Crippen molar-refractivity contribution in [2.45, 2.75) is 51.1 Å². The van der Waals surface area contributed by atoms with Crippen LogP contribution in [0.1, 0.15) is 41.0 Å². The molecule has 0 amide bonds. The summed E-state index contributed by atoms with van der Waals surface area (Å²) in [5, 5.41) is 0. The molecule has 0 radical (unpaired) electrons. The lowest BCUT2D eigenvalue weighted by Crippen LogP contribution is -2.60. The first kappa shape index (κ1) is 28.4. The van der Waals surface area contributed by atoms with Crippen LogP contribution in [0, 0.1) is 12.7 Å². The summed E-state index contributed by atoms with van der Waals surface area (Å²) >= 11 is 0. The van der Waals surface area contributed by atoms with Crippen molar-refractivity contribution >= 4 is 24.0 Å². The lowest BCUT2D eigenvalue weighted by molar-refractivity contribution is -0.249. The number of aliphatic imine (C=N–C) groups is 1. The van der Waals surface area contributed by atoms with E-state index in [1.54, 1.807) is 0 Å². The molecule has 0 fully saturated rings. The molecule has 1 aliphatic heterocycles. The summed E-state index contributed by atoms with van der Waals surface area (Å²) in [6.07, 6.45) is -4.08. The number of aromatic nitrogens is 1. The second-order valence-electron chi connectivity index (χ2n) is 8.22. The van der Waals surface area contributed by atoms with Crippen LogP contribution in [-0.4, -0.2) is 41.6 Å². The van der Waals surface area contributed by atoms with Gasteiger partial charge in [0.1, 0.15) is 28.6 Å². The van der Waals surface area contributed by atoms with Gasteiger partial charge >= 0.3 is 12.8 Å². The second kappa shape index (κ2) is 10.0. The summed E-state index contributed by atoms with van der Waals surface area (Å²) in [6.45, 7) is -0.0535. The van der Waals surface area contributed by atoms with E-state index in [2.05, 4.69) is 14.7 Å². The van der Waals surface area contributed by atoms with Crippen LogP contribution < -0.4 is 10.5 Å². The number of alkyl halides is 5. The van der Waals surface area contributed by atoms with E-state index in [9.17, 15) is 31.1 Å². The van der Waals surface area contributed by atoms with Gasteiger partial charge in [0, 0.05) is 12.0 Å². The molecule has 0 saturated heterocycles. The van der Waals surface area contributed by atoms with Crippen LogP contribution in [0.25, 0.3) is 0 Å². The Bertz CT molecular complexity index is 1140. The average molecular weight is 526 g/mol. The number of halogens is 7. The third-order valence-corrected chi connectivity index (χ3v) is 5.56. The number of rotatable bonds is 6. The fraction of sp³-hybridized carbons (Fsp3) is 0.409. The van der Waals surface area contributed by atoms with Gasteiger partial charge < -0.3 is 15.2 Å². The van der Waals surface area contributed by atoms with Crippen molar-refractivity contribution in [3.05, 3.63) is 58.7 Å². The third kappa shape index (κ3) is 5.69. The summed E-state index contributed by atoms with van der Waals surface area (Å²) in [5.74, 6) is -2.31. The van der Waals surface area contributed by atoms with Gasteiger partial charge in [-0.3, -0.25) is 9.79 Å². The summed E-state index contributed by atoms with van der Waals surface area (Å²) in [4.78, 5) is 20.5. The van der Waals surface area contributed by atoms with Crippen molar-refractivity contribution in [1.82, 2.24) is 4.98 Å². The molecule has 0 unspecified atom stereocenters. The molecule has 1 aromatic carbocycles. The highest BCUT2D eigenvalue weighted by Gasteiger charge is 2.59. The summed E-state index contributed by atoms with van der Waals surface area (Å²) in [7, 11) is 0. The maximum absolute atomic E-state index is 14.7. The van der Waals surface area contributed by atoms with Gasteiger partial charge in [-0.05, 0) is 50.1 Å². The van der Waals surface area contributed by atoms with E-state index in [0.717, 1.165) is 19.2 Å². The number of nitrogens with zero attached hydrogens (tertiary/aromatic N) is 2. The van der Waals surface area contributed by atoms with Crippen LogP contribution in [0.15, 0.2) is 35.5 Å². The van der Waals surface area contributed by atoms with Gasteiger partial charge in [0.15, 0.2) is 5.78 Å². The molecule has 0 saturated carbocycles. The van der Waals surface area contributed by atoms with Crippen LogP contribution in [0.5, 0.6) is 5.75 Å². The fourth-order valence-corrected chi connectivity index (χ4v) is 3.50. The van der Waals surface area contributed by atoms with Gasteiger partial charge in [0.05, 0.1) is 12.8 Å². The topological polar surface area (TPSA) is 86.8 Å². The number of carbonyl (C=O) groups is 1. The zero-order chi connectivity index (χ0) is 25.5. The molecule has 0 aliphatic carbocycles. The Morgan fingerprint density at radius 2 is 1.91 bits per heavy atom. The van der Waals surface area contributed by atoms with Gasteiger partial charge in [0.2, 0.25) is 5.60 Å². The van der Waals surface area contributed by atoms with E-state index in [-0.39, 0.29) is 35.8 Å². The number of hydrogen-bond acceptors (Lipinski definition) is 6. The molecule has 1 aliphatic rings. The zero-order valence-electron chi connectivity index (χ0n) is 18.8. The third-order valence-electron chi connectivity index (χ3n) is 5.56. The van der Waals surface area contributed by atoms with E-state index in [0.29, 0.717) is 11.1 Å². The minimum atomic E-state index is -4.82. The van der Waals surface area contributed by atoms with Crippen LogP contribution in [0.3, 0.4) is 0 Å². The Labute approximate surface area is 202 Å². The van der Waals surface area contributed by atoms with E-state index < -0.39 is 48.0 Å². The number of pyridine rings is 1. The minimum Gasteiger partial charge on any atom is -0.433 e. The molecular formula is C22H22ClF6N3O3. The number of benzene rings is 1. The highest BCUT2D eigenvalue weighted by atomic mass is 35.5. The van der Waals surface area contributed by atoms with Crippen molar-refractivity contribution in [2.75, 3.05) is 6.61 Å². The number of ether oxygens (including phenoxy) is 2. The summed E-state index contributed by atoms with van der Waals surface area (Å²) in [6, 6.07) is 4.93. The molecule has 6 nitrogen and oxygen atoms in total. The minimum absolute atomic E-state index is 0. The number of Topliss-reactive ketones (excluding diaryl/α,β-unsaturated/α-hetero) is 1. The van der Waals surface area contributed by atoms with Crippen LogP contribution in [-0.2, 0) is 16.7 Å². The summed E-state index contributed by atoms with van der Waals surface area (Å²) < 4.78 is 88.7. The van der Waals surface area contributed by atoms with E-state index in [1.165, 1.54) is 32.0 Å². The highest BCUT2D eigenvalue weighted by Crippen LogP contribution is 2.41. The van der Waals surface area contributed by atoms with Crippen LogP contribution >= 0.6 is 12.4 Å². The monoisotopic (exact) mass is 525 g/mol. The maximum Gasteiger partial charge on any atom is 0.424 e. The van der Waals surface area contributed by atoms with Crippen LogP contribution in [0.2, 0.25) is 0 Å². The quantitative estimate of drug-likeness (QED) is 0.428. The maximum atomic E-state index is 14.7. The number of aryl methyl sites for hydroxylation is 1. The Kier molecular flexibility index (Phi) is 8.12. The Balaban J connectivity index is 0.00000432. The smallest absolute Gasteiger partial charge is 0.424 e. The van der Waals surface area contributed by atoms with E-state index >= 15 is 0 Å². The molecule has 2 atom stereocenters. The molecule has 13 heteroatoms. The average Bonchev–Trinajstić information content (AvgIpc) is 2.71. The largest absolute Gasteiger partial charge is 0.433 e. The van der Waals surface area contributed by atoms with Gasteiger partial charge in [0.25, 0.3) is 0 Å². The van der Waals surface area contributed by atoms with E-state index in [1.807, 2.05) is 0 Å². The van der Waals surface area contributed by atoms with Gasteiger partial charge in [-0.25, -0.2) is 9.37 Å². The standard InChI is InChI=1S/C22H21F6N3O3.ClH/c1-11-6-13(34-19(24)25)9-30-17(11)16(32)8-12-4-5-15(23)14(7-12)20(2)10-33-21(3,18(29)31-20)22(26,27)28;/h4-7,9,19H,8,10H2,1-3H3,(H2,29,31);1H/t20-,21+;/m0./s1. The molecule has 2 N–H and O–H groups in total. The zero-order valence-corrected chi connectivity index (χ0v) is 19.6. The summed E-state index contributed by atoms with van der Waals surface area (Å²) in [5.41, 5.74) is 1.73. The lowest BCUT2D eigenvalue weighted by Gasteiger charge is -2.41. The SMILES string of the molecule is Cc1cc(OC(F)F)cnc1C(=O)Cc1ccc(F)c([C@]2(C)CO[C@@](C)(C(F)(F)F)C(N)=N2)c1.Cl. The molecular weight excluding hydrogens is 504 g/mol.